The molecule has 0 heterocycles. The van der Waals surface area contributed by atoms with Gasteiger partial charge in [-0.1, -0.05) is 18.2 Å². The molecule has 0 aliphatic rings. The maximum absolute atomic E-state index is 11.5. The van der Waals surface area contributed by atoms with Gasteiger partial charge in [0, 0.05) is 14.0 Å². The summed E-state index contributed by atoms with van der Waals surface area (Å²) in [7, 11) is 3.08. The zero-order chi connectivity index (χ0) is 15.6. The van der Waals surface area contributed by atoms with Gasteiger partial charge < -0.3 is 14.7 Å². The van der Waals surface area contributed by atoms with E-state index in [0.29, 0.717) is 5.56 Å². The first-order valence-corrected chi connectivity index (χ1v) is 6.48. The first kappa shape index (κ1) is 14.8. The van der Waals surface area contributed by atoms with Crippen molar-refractivity contribution in [3.63, 3.8) is 0 Å². The zero-order valence-electron chi connectivity index (χ0n) is 12.2. The van der Waals surface area contributed by atoms with E-state index < -0.39 is 12.0 Å². The van der Waals surface area contributed by atoms with Crippen LogP contribution in [0.1, 0.15) is 18.5 Å². The van der Waals surface area contributed by atoms with Crippen LogP contribution in [0.5, 0.6) is 5.75 Å². The minimum atomic E-state index is -1.06. The van der Waals surface area contributed by atoms with Crippen LogP contribution in [0.25, 0.3) is 10.8 Å². The van der Waals surface area contributed by atoms with Gasteiger partial charge in [-0.3, -0.25) is 4.79 Å². The SMILES string of the molecule is COc1ccc2cc(C(C(=O)O)N(C)C(C)=O)ccc2c1. The number of benzene rings is 2. The lowest BCUT2D eigenvalue weighted by molar-refractivity contribution is -0.148. The first-order chi connectivity index (χ1) is 9.93. The number of likely N-dealkylation sites (N-methyl/N-ethyl adjacent to an activating group) is 1. The van der Waals surface area contributed by atoms with Crippen LogP contribution >= 0.6 is 0 Å². The van der Waals surface area contributed by atoms with Crippen molar-refractivity contribution in [1.29, 1.82) is 0 Å². The highest BCUT2D eigenvalue weighted by Crippen LogP contribution is 2.26. The number of methoxy groups -OCH3 is 1. The molecule has 0 bridgehead atoms. The van der Waals surface area contributed by atoms with Gasteiger partial charge in [-0.2, -0.15) is 0 Å². The number of fused-ring (bicyclic) bond motifs is 1. The summed E-state index contributed by atoms with van der Waals surface area (Å²) < 4.78 is 5.16. The van der Waals surface area contributed by atoms with Crippen molar-refractivity contribution in [3.05, 3.63) is 42.0 Å². The minimum Gasteiger partial charge on any atom is -0.497 e. The number of carboxylic acids is 1. The summed E-state index contributed by atoms with van der Waals surface area (Å²) in [4.78, 5) is 24.1. The molecule has 110 valence electrons. The minimum absolute atomic E-state index is 0.294. The van der Waals surface area contributed by atoms with E-state index in [1.165, 1.54) is 18.9 Å². The van der Waals surface area contributed by atoms with Gasteiger partial charge in [0.25, 0.3) is 0 Å². The van der Waals surface area contributed by atoms with Gasteiger partial charge in [0.15, 0.2) is 6.04 Å². The Morgan fingerprint density at radius 1 is 1.14 bits per heavy atom. The number of hydrogen-bond donors (Lipinski definition) is 1. The largest absolute Gasteiger partial charge is 0.497 e. The Labute approximate surface area is 122 Å². The number of nitrogens with zero attached hydrogens (tertiary/aromatic N) is 1. The molecule has 1 amide bonds. The predicted molar refractivity (Wildman–Crippen MR) is 79.3 cm³/mol. The molecule has 0 spiro atoms. The molecule has 0 aliphatic carbocycles. The third-order valence-electron chi connectivity index (χ3n) is 3.51. The second kappa shape index (κ2) is 5.83. The fourth-order valence-corrected chi connectivity index (χ4v) is 2.25. The number of amides is 1. The summed E-state index contributed by atoms with van der Waals surface area (Å²) >= 11 is 0. The summed E-state index contributed by atoms with van der Waals surface area (Å²) in [6.45, 7) is 1.35. The molecule has 1 N–H and O–H groups in total. The molecule has 2 aromatic carbocycles. The lowest BCUT2D eigenvalue weighted by atomic mass is 10.0. The molecule has 5 heteroatoms. The van der Waals surface area contributed by atoms with E-state index >= 15 is 0 Å². The molecular formula is C16H17NO4. The molecule has 2 aromatic rings. The van der Waals surface area contributed by atoms with Crippen molar-refractivity contribution in [1.82, 2.24) is 4.90 Å². The maximum atomic E-state index is 11.5. The average molecular weight is 287 g/mol. The molecule has 5 nitrogen and oxygen atoms in total. The van der Waals surface area contributed by atoms with E-state index in [0.717, 1.165) is 16.5 Å². The fourth-order valence-electron chi connectivity index (χ4n) is 2.25. The number of carboxylic acid groups (broad SMARTS) is 1. The number of aliphatic carboxylic acids is 1. The molecule has 21 heavy (non-hydrogen) atoms. The third kappa shape index (κ3) is 2.97. The Kier molecular flexibility index (Phi) is 4.12. The summed E-state index contributed by atoms with van der Waals surface area (Å²) in [5, 5.41) is 11.2. The van der Waals surface area contributed by atoms with Gasteiger partial charge >= 0.3 is 5.97 Å². The van der Waals surface area contributed by atoms with Gasteiger partial charge in [-0.25, -0.2) is 4.79 Å². The molecule has 0 radical (unpaired) electrons. The Bertz CT molecular complexity index is 696. The Morgan fingerprint density at radius 3 is 2.33 bits per heavy atom. The number of carbonyl (C=O) groups excluding carboxylic acids is 1. The second-order valence-corrected chi connectivity index (χ2v) is 4.84. The molecule has 2 rings (SSSR count). The number of carbonyl (C=O) groups is 2. The highest BCUT2D eigenvalue weighted by atomic mass is 16.5. The average Bonchev–Trinajstić information content (AvgIpc) is 2.46. The van der Waals surface area contributed by atoms with Gasteiger partial charge in [0.1, 0.15) is 5.75 Å². The van der Waals surface area contributed by atoms with E-state index in [2.05, 4.69) is 0 Å². The van der Waals surface area contributed by atoms with Crippen LogP contribution in [0, 0.1) is 0 Å². The second-order valence-electron chi connectivity index (χ2n) is 4.84. The highest BCUT2D eigenvalue weighted by Gasteiger charge is 2.26. The fraction of sp³-hybridized carbons (Fsp3) is 0.250. The van der Waals surface area contributed by atoms with Crippen molar-refractivity contribution in [2.75, 3.05) is 14.2 Å². The van der Waals surface area contributed by atoms with E-state index in [1.54, 1.807) is 19.2 Å². The molecule has 1 atom stereocenters. The standard InChI is InChI=1S/C16H17NO4/c1-10(18)17(2)15(16(19)20)13-5-4-12-9-14(21-3)7-6-11(12)8-13/h4-9,15H,1-3H3,(H,19,20). The number of rotatable bonds is 4. The van der Waals surface area contributed by atoms with E-state index in [9.17, 15) is 14.7 Å². The van der Waals surface area contributed by atoms with Gasteiger partial charge in [0.05, 0.1) is 7.11 Å². The van der Waals surface area contributed by atoms with E-state index in [1.807, 2.05) is 24.3 Å². The van der Waals surface area contributed by atoms with Crippen molar-refractivity contribution in [2.45, 2.75) is 13.0 Å². The van der Waals surface area contributed by atoms with Crippen molar-refractivity contribution in [2.24, 2.45) is 0 Å². The van der Waals surface area contributed by atoms with Gasteiger partial charge in [-0.05, 0) is 34.5 Å². The quantitative estimate of drug-likeness (QED) is 0.938. The summed E-state index contributed by atoms with van der Waals surface area (Å²) in [5.41, 5.74) is 0.567. The number of ether oxygens (including phenoxy) is 1. The normalized spacial score (nSPS) is 12.0. The molecule has 0 fully saturated rings. The van der Waals surface area contributed by atoms with Gasteiger partial charge in [-0.15, -0.1) is 0 Å². The third-order valence-corrected chi connectivity index (χ3v) is 3.51. The molecule has 0 aliphatic heterocycles. The lowest BCUT2D eigenvalue weighted by Gasteiger charge is -2.24. The van der Waals surface area contributed by atoms with Crippen LogP contribution in [0.2, 0.25) is 0 Å². The van der Waals surface area contributed by atoms with Crippen LogP contribution in [-0.4, -0.2) is 36.0 Å². The molecule has 1 unspecified atom stereocenters. The van der Waals surface area contributed by atoms with Crippen LogP contribution in [0.3, 0.4) is 0 Å². The van der Waals surface area contributed by atoms with Crippen LogP contribution in [-0.2, 0) is 9.59 Å². The lowest BCUT2D eigenvalue weighted by Crippen LogP contribution is -2.34. The molecular weight excluding hydrogens is 270 g/mol. The maximum Gasteiger partial charge on any atom is 0.331 e. The smallest absolute Gasteiger partial charge is 0.331 e. The summed E-state index contributed by atoms with van der Waals surface area (Å²) in [6.07, 6.45) is 0. The topological polar surface area (TPSA) is 66.8 Å². The molecule has 0 saturated heterocycles. The summed E-state index contributed by atoms with van der Waals surface area (Å²) in [5.74, 6) is -0.608. The van der Waals surface area contributed by atoms with Gasteiger partial charge in [0.2, 0.25) is 5.91 Å². The zero-order valence-corrected chi connectivity index (χ0v) is 12.2. The summed E-state index contributed by atoms with van der Waals surface area (Å²) in [6, 6.07) is 9.91. The first-order valence-electron chi connectivity index (χ1n) is 6.48. The Hall–Kier alpha value is -2.56. The van der Waals surface area contributed by atoms with E-state index in [4.69, 9.17) is 4.74 Å². The Morgan fingerprint density at radius 2 is 1.76 bits per heavy atom. The van der Waals surface area contributed by atoms with Crippen LogP contribution in [0.4, 0.5) is 0 Å². The highest BCUT2D eigenvalue weighted by molar-refractivity contribution is 5.88. The van der Waals surface area contributed by atoms with Crippen molar-refractivity contribution >= 4 is 22.6 Å². The Balaban J connectivity index is 2.49. The molecule has 0 aromatic heterocycles. The molecule has 0 saturated carbocycles. The van der Waals surface area contributed by atoms with Crippen molar-refractivity contribution in [3.8, 4) is 5.75 Å². The van der Waals surface area contributed by atoms with Crippen LogP contribution < -0.4 is 4.74 Å². The van der Waals surface area contributed by atoms with Crippen molar-refractivity contribution < 1.29 is 19.4 Å². The van der Waals surface area contributed by atoms with E-state index in [-0.39, 0.29) is 5.91 Å². The number of hydrogen-bond acceptors (Lipinski definition) is 3. The van der Waals surface area contributed by atoms with Crippen LogP contribution in [0.15, 0.2) is 36.4 Å². The monoisotopic (exact) mass is 287 g/mol. The predicted octanol–water partition coefficient (Wildman–Crippen LogP) is 2.45.